The van der Waals surface area contributed by atoms with Crippen molar-refractivity contribution in [1.29, 1.82) is 0 Å². The third kappa shape index (κ3) is 7.61. The molecule has 2 aromatic rings. The fraction of sp³-hybridized carbons (Fsp3) is 0.516. The number of ether oxygens (including phenoxy) is 5. The monoisotopic (exact) mass is 616 g/mol. The number of benzene rings is 2. The van der Waals surface area contributed by atoms with Gasteiger partial charge >= 0.3 is 0 Å². The zero-order valence-corrected chi connectivity index (χ0v) is 25.3. The van der Waals surface area contributed by atoms with Crippen molar-refractivity contribution in [2.75, 3.05) is 53.3 Å². The number of rotatable bonds is 11. The summed E-state index contributed by atoms with van der Waals surface area (Å²) in [5.74, 6) is 1.74. The molecule has 0 spiro atoms. The van der Waals surface area contributed by atoms with Crippen molar-refractivity contribution in [3.8, 4) is 17.2 Å². The van der Waals surface area contributed by atoms with Crippen LogP contribution in [0, 0.1) is 0 Å². The topological polar surface area (TPSA) is 124 Å². The van der Waals surface area contributed by atoms with Crippen LogP contribution >= 0.6 is 0 Å². The van der Waals surface area contributed by atoms with Gasteiger partial charge in [0.1, 0.15) is 5.75 Å². The molecule has 0 aliphatic carbocycles. The highest BCUT2D eigenvalue weighted by molar-refractivity contribution is 7.89. The SMILES string of the molecule is COc1ccc(S(=O)(=O)N(CCO)CCO[C@H]2C[C@@H](c3ccc4c(c3)OCO4)C=C(C(=O)N3CCCCCCC3)O2)cc1. The lowest BCUT2D eigenvalue weighted by Crippen LogP contribution is -2.39. The van der Waals surface area contributed by atoms with Gasteiger partial charge in [-0.1, -0.05) is 25.3 Å². The van der Waals surface area contributed by atoms with E-state index < -0.39 is 16.3 Å². The molecule has 1 fully saturated rings. The lowest BCUT2D eigenvalue weighted by Gasteiger charge is -2.33. The minimum atomic E-state index is -3.90. The molecule has 3 aliphatic rings. The Kier molecular flexibility index (Phi) is 10.4. The van der Waals surface area contributed by atoms with Gasteiger partial charge in [-0.2, -0.15) is 4.31 Å². The molecule has 0 bridgehead atoms. The van der Waals surface area contributed by atoms with Crippen LogP contribution in [-0.4, -0.2) is 88.2 Å². The van der Waals surface area contributed by atoms with Crippen LogP contribution < -0.4 is 14.2 Å². The smallest absolute Gasteiger partial charge is 0.288 e. The third-order valence-corrected chi connectivity index (χ3v) is 9.84. The molecule has 43 heavy (non-hydrogen) atoms. The average molecular weight is 617 g/mol. The van der Waals surface area contributed by atoms with Crippen molar-refractivity contribution in [3.63, 3.8) is 0 Å². The van der Waals surface area contributed by atoms with Crippen LogP contribution in [0.1, 0.15) is 50.0 Å². The summed E-state index contributed by atoms with van der Waals surface area (Å²) in [6.45, 7) is 1.07. The minimum absolute atomic E-state index is 0.000898. The molecule has 0 saturated carbocycles. The molecular weight excluding hydrogens is 576 g/mol. The molecule has 3 heterocycles. The van der Waals surface area contributed by atoms with Crippen LogP contribution in [0.3, 0.4) is 0 Å². The van der Waals surface area contributed by atoms with Gasteiger partial charge in [-0.25, -0.2) is 8.42 Å². The Labute approximate surface area is 253 Å². The van der Waals surface area contributed by atoms with Crippen molar-refractivity contribution < 1.29 is 42.0 Å². The number of fused-ring (bicyclic) bond motifs is 1. The zero-order chi connectivity index (χ0) is 30.2. The number of carbonyl (C=O) groups excluding carboxylic acids is 1. The second-order valence-electron chi connectivity index (χ2n) is 10.8. The Morgan fingerprint density at radius 1 is 1.00 bits per heavy atom. The lowest BCUT2D eigenvalue weighted by atomic mass is 9.92. The number of carbonyl (C=O) groups is 1. The average Bonchev–Trinajstić information content (AvgIpc) is 3.48. The largest absolute Gasteiger partial charge is 0.497 e. The molecule has 5 rings (SSSR count). The molecule has 1 N–H and O–H groups in total. The van der Waals surface area contributed by atoms with E-state index in [1.807, 2.05) is 29.2 Å². The van der Waals surface area contributed by atoms with Crippen LogP contribution in [0.15, 0.2) is 59.2 Å². The molecule has 1 saturated heterocycles. The maximum absolute atomic E-state index is 13.6. The van der Waals surface area contributed by atoms with Crippen LogP contribution in [0.2, 0.25) is 0 Å². The number of nitrogens with zero attached hydrogens (tertiary/aromatic N) is 2. The summed E-state index contributed by atoms with van der Waals surface area (Å²) in [4.78, 5) is 15.6. The van der Waals surface area contributed by atoms with E-state index in [1.165, 1.54) is 30.0 Å². The number of aliphatic hydroxyl groups is 1. The van der Waals surface area contributed by atoms with Gasteiger partial charge in [-0.15, -0.1) is 0 Å². The van der Waals surface area contributed by atoms with Crippen LogP contribution in [0.5, 0.6) is 17.2 Å². The van der Waals surface area contributed by atoms with E-state index >= 15 is 0 Å². The van der Waals surface area contributed by atoms with Gasteiger partial charge in [0, 0.05) is 38.5 Å². The van der Waals surface area contributed by atoms with Crippen LogP contribution in [0.25, 0.3) is 0 Å². The van der Waals surface area contributed by atoms with Crippen molar-refractivity contribution >= 4 is 15.9 Å². The number of aliphatic hydroxyl groups excluding tert-OH is 1. The third-order valence-electron chi connectivity index (χ3n) is 7.93. The highest BCUT2D eigenvalue weighted by atomic mass is 32.2. The molecule has 0 aromatic heterocycles. The van der Waals surface area contributed by atoms with Gasteiger partial charge in [-0.05, 0) is 60.9 Å². The second kappa shape index (κ2) is 14.4. The Bertz CT molecular complexity index is 1370. The minimum Gasteiger partial charge on any atom is -0.497 e. The highest BCUT2D eigenvalue weighted by Gasteiger charge is 2.32. The molecule has 2 atom stereocenters. The summed E-state index contributed by atoms with van der Waals surface area (Å²) in [5, 5.41) is 9.60. The van der Waals surface area contributed by atoms with E-state index in [0.717, 1.165) is 31.2 Å². The molecule has 0 unspecified atom stereocenters. The van der Waals surface area contributed by atoms with E-state index in [1.54, 1.807) is 12.1 Å². The standard InChI is InChI=1S/C31H40N2O9S/c1-38-25-8-10-26(11-9-25)43(36,37)33(15-17-34)16-18-39-30-21-24(23-7-12-27-28(19-23)41-22-40-27)20-29(42-30)31(35)32-13-5-3-2-4-6-14-32/h7-12,19-20,24,30,34H,2-6,13-18,21-22H2,1H3/t24-,30+/m0/s1. The quantitative estimate of drug-likeness (QED) is 0.403. The van der Waals surface area contributed by atoms with Crippen LogP contribution in [0.4, 0.5) is 0 Å². The van der Waals surface area contributed by atoms with E-state index in [0.29, 0.717) is 36.8 Å². The predicted molar refractivity (Wildman–Crippen MR) is 157 cm³/mol. The number of sulfonamides is 1. The van der Waals surface area contributed by atoms with E-state index in [2.05, 4.69) is 0 Å². The van der Waals surface area contributed by atoms with Gasteiger partial charge in [0.25, 0.3) is 5.91 Å². The Morgan fingerprint density at radius 2 is 1.72 bits per heavy atom. The summed E-state index contributed by atoms with van der Waals surface area (Å²) >= 11 is 0. The number of methoxy groups -OCH3 is 1. The molecular formula is C31H40N2O9S. The van der Waals surface area contributed by atoms with Crippen molar-refractivity contribution in [1.82, 2.24) is 9.21 Å². The van der Waals surface area contributed by atoms with E-state index in [9.17, 15) is 18.3 Å². The maximum atomic E-state index is 13.6. The first-order chi connectivity index (χ1) is 20.9. The van der Waals surface area contributed by atoms with Gasteiger partial charge in [-0.3, -0.25) is 4.79 Å². The number of allylic oxidation sites excluding steroid dienone is 1. The fourth-order valence-electron chi connectivity index (χ4n) is 5.54. The molecule has 1 amide bonds. The van der Waals surface area contributed by atoms with Gasteiger partial charge in [0.15, 0.2) is 17.3 Å². The summed E-state index contributed by atoms with van der Waals surface area (Å²) in [6, 6.07) is 11.8. The van der Waals surface area contributed by atoms with Gasteiger partial charge in [0.2, 0.25) is 23.1 Å². The van der Waals surface area contributed by atoms with E-state index in [-0.39, 0.29) is 55.6 Å². The molecule has 11 nitrogen and oxygen atoms in total. The van der Waals surface area contributed by atoms with E-state index in [4.69, 9.17) is 23.7 Å². The summed E-state index contributed by atoms with van der Waals surface area (Å²) in [5.41, 5.74) is 0.933. The molecule has 2 aromatic carbocycles. The van der Waals surface area contributed by atoms with Crippen molar-refractivity contribution in [3.05, 3.63) is 59.9 Å². The van der Waals surface area contributed by atoms with Crippen molar-refractivity contribution in [2.24, 2.45) is 0 Å². The number of hydrogen-bond donors (Lipinski definition) is 1. The second-order valence-corrected chi connectivity index (χ2v) is 12.7. The Hall–Kier alpha value is -3.32. The molecule has 0 radical (unpaired) electrons. The van der Waals surface area contributed by atoms with Crippen molar-refractivity contribution in [2.45, 2.75) is 55.6 Å². The number of likely N-dealkylation sites (tertiary alicyclic amines) is 1. The maximum Gasteiger partial charge on any atom is 0.288 e. The summed E-state index contributed by atoms with van der Waals surface area (Å²) in [6.07, 6.45) is 6.77. The van der Waals surface area contributed by atoms with Gasteiger partial charge in [0.05, 0.1) is 25.2 Å². The first kappa shape index (κ1) is 31.1. The summed E-state index contributed by atoms with van der Waals surface area (Å²) < 4.78 is 56.2. The van der Waals surface area contributed by atoms with Crippen LogP contribution in [-0.2, 0) is 24.3 Å². The molecule has 3 aliphatic heterocycles. The Balaban J connectivity index is 1.30. The fourth-order valence-corrected chi connectivity index (χ4v) is 6.95. The lowest BCUT2D eigenvalue weighted by molar-refractivity contribution is -0.153. The Morgan fingerprint density at radius 3 is 2.44 bits per heavy atom. The first-order valence-electron chi connectivity index (χ1n) is 14.8. The normalized spacial score (nSPS) is 20.6. The number of hydrogen-bond acceptors (Lipinski definition) is 9. The predicted octanol–water partition coefficient (Wildman–Crippen LogP) is 3.63. The van der Waals surface area contributed by atoms with Gasteiger partial charge < -0.3 is 33.7 Å². The molecule has 234 valence electrons. The number of amides is 1. The highest BCUT2D eigenvalue weighted by Crippen LogP contribution is 2.38. The first-order valence-corrected chi connectivity index (χ1v) is 16.3. The molecule has 12 heteroatoms. The summed E-state index contributed by atoms with van der Waals surface area (Å²) in [7, 11) is -2.39. The zero-order valence-electron chi connectivity index (χ0n) is 24.5.